The first-order valence-corrected chi connectivity index (χ1v) is 7.89. The molecule has 0 saturated carbocycles. The van der Waals surface area contributed by atoms with Gasteiger partial charge in [-0.1, -0.05) is 19.1 Å². The van der Waals surface area contributed by atoms with Crippen LogP contribution >= 0.6 is 0 Å². The molecule has 1 aromatic carbocycles. The Kier molecular flexibility index (Phi) is 5.99. The van der Waals surface area contributed by atoms with E-state index in [4.69, 9.17) is 5.73 Å². The fraction of sp³-hybridized carbons (Fsp3) is 0.647. The number of piperidine rings is 1. The normalized spacial score (nSPS) is 19.1. The highest BCUT2D eigenvalue weighted by molar-refractivity contribution is 5.15. The summed E-state index contributed by atoms with van der Waals surface area (Å²) >= 11 is 0. The lowest BCUT2D eigenvalue weighted by Crippen LogP contribution is -2.33. The maximum Gasteiger partial charge on any atom is 0.123 e. The Hall–Kier alpha value is -0.930. The monoisotopic (exact) mass is 278 g/mol. The number of benzene rings is 1. The SMILES string of the molecule is CCC(N)CCC1CCN(Cc2ccc(F)cc2)CC1. The Morgan fingerprint density at radius 2 is 1.90 bits per heavy atom. The van der Waals surface area contributed by atoms with E-state index in [0.717, 1.165) is 32.0 Å². The summed E-state index contributed by atoms with van der Waals surface area (Å²) in [5.41, 5.74) is 7.20. The minimum Gasteiger partial charge on any atom is -0.328 e. The number of halogens is 1. The molecule has 0 bridgehead atoms. The molecule has 1 saturated heterocycles. The zero-order chi connectivity index (χ0) is 14.4. The molecular weight excluding hydrogens is 251 g/mol. The molecule has 20 heavy (non-hydrogen) atoms. The van der Waals surface area contributed by atoms with Crippen LogP contribution in [0.4, 0.5) is 4.39 Å². The average Bonchev–Trinajstić information content (AvgIpc) is 2.48. The van der Waals surface area contributed by atoms with Crippen molar-refractivity contribution in [3.63, 3.8) is 0 Å². The molecule has 0 aromatic heterocycles. The van der Waals surface area contributed by atoms with Gasteiger partial charge in [0.25, 0.3) is 0 Å². The number of nitrogens with two attached hydrogens (primary N) is 1. The van der Waals surface area contributed by atoms with E-state index in [0.29, 0.717) is 6.04 Å². The third kappa shape index (κ3) is 4.88. The molecule has 0 amide bonds. The summed E-state index contributed by atoms with van der Waals surface area (Å²) in [4.78, 5) is 2.48. The first-order valence-electron chi connectivity index (χ1n) is 7.89. The van der Waals surface area contributed by atoms with Crippen LogP contribution in [-0.2, 0) is 6.54 Å². The van der Waals surface area contributed by atoms with Crippen LogP contribution in [0.1, 0.15) is 44.6 Å². The van der Waals surface area contributed by atoms with Gasteiger partial charge in [0.1, 0.15) is 5.82 Å². The lowest BCUT2D eigenvalue weighted by molar-refractivity contribution is 0.169. The maximum atomic E-state index is 12.9. The molecule has 1 aliphatic heterocycles. The van der Waals surface area contributed by atoms with Crippen molar-refractivity contribution in [1.29, 1.82) is 0 Å². The van der Waals surface area contributed by atoms with Crippen LogP contribution in [0.3, 0.4) is 0 Å². The van der Waals surface area contributed by atoms with Crippen molar-refractivity contribution in [2.24, 2.45) is 11.7 Å². The predicted molar refractivity (Wildman–Crippen MR) is 81.9 cm³/mol. The van der Waals surface area contributed by atoms with Gasteiger partial charge in [0, 0.05) is 12.6 Å². The molecule has 2 N–H and O–H groups in total. The van der Waals surface area contributed by atoms with Gasteiger partial charge in [0.05, 0.1) is 0 Å². The third-order valence-corrected chi connectivity index (χ3v) is 4.50. The Morgan fingerprint density at radius 3 is 2.50 bits per heavy atom. The smallest absolute Gasteiger partial charge is 0.123 e. The topological polar surface area (TPSA) is 29.3 Å². The second-order valence-corrected chi connectivity index (χ2v) is 6.09. The second kappa shape index (κ2) is 7.75. The molecule has 2 nitrogen and oxygen atoms in total. The molecule has 1 aliphatic rings. The first-order chi connectivity index (χ1) is 9.67. The number of rotatable bonds is 6. The third-order valence-electron chi connectivity index (χ3n) is 4.50. The summed E-state index contributed by atoms with van der Waals surface area (Å²) in [7, 11) is 0. The average molecular weight is 278 g/mol. The molecular formula is C17H27FN2. The van der Waals surface area contributed by atoms with Crippen molar-refractivity contribution in [1.82, 2.24) is 4.90 Å². The van der Waals surface area contributed by atoms with E-state index in [9.17, 15) is 4.39 Å². The number of nitrogens with zero attached hydrogens (tertiary/aromatic N) is 1. The Bertz CT molecular complexity index is 382. The lowest BCUT2D eigenvalue weighted by Gasteiger charge is -2.32. The molecule has 0 spiro atoms. The summed E-state index contributed by atoms with van der Waals surface area (Å²) in [6.45, 7) is 5.42. The Morgan fingerprint density at radius 1 is 1.25 bits per heavy atom. The van der Waals surface area contributed by atoms with Gasteiger partial charge in [-0.3, -0.25) is 4.90 Å². The summed E-state index contributed by atoms with van der Waals surface area (Å²) in [6.07, 6.45) is 6.08. The van der Waals surface area contributed by atoms with E-state index in [1.165, 1.54) is 31.2 Å². The number of hydrogen-bond donors (Lipinski definition) is 1. The van der Waals surface area contributed by atoms with Crippen LogP contribution in [0.2, 0.25) is 0 Å². The Balaban J connectivity index is 1.70. The van der Waals surface area contributed by atoms with Crippen molar-refractivity contribution in [2.45, 2.75) is 51.6 Å². The summed E-state index contributed by atoms with van der Waals surface area (Å²) < 4.78 is 12.9. The van der Waals surface area contributed by atoms with E-state index in [-0.39, 0.29) is 5.82 Å². The zero-order valence-corrected chi connectivity index (χ0v) is 12.5. The number of hydrogen-bond acceptors (Lipinski definition) is 2. The van der Waals surface area contributed by atoms with E-state index >= 15 is 0 Å². The van der Waals surface area contributed by atoms with Crippen molar-refractivity contribution in [3.05, 3.63) is 35.6 Å². The van der Waals surface area contributed by atoms with Gasteiger partial charge < -0.3 is 5.73 Å². The molecule has 1 unspecified atom stereocenters. The summed E-state index contributed by atoms with van der Waals surface area (Å²) in [5.74, 6) is 0.691. The van der Waals surface area contributed by atoms with Gasteiger partial charge in [-0.2, -0.15) is 0 Å². The van der Waals surface area contributed by atoms with E-state index in [1.54, 1.807) is 12.1 Å². The van der Waals surface area contributed by atoms with Gasteiger partial charge in [0.2, 0.25) is 0 Å². The van der Waals surface area contributed by atoms with Crippen LogP contribution in [0.15, 0.2) is 24.3 Å². The van der Waals surface area contributed by atoms with Crippen LogP contribution < -0.4 is 5.73 Å². The molecule has 1 heterocycles. The fourth-order valence-electron chi connectivity index (χ4n) is 2.94. The molecule has 3 heteroatoms. The Labute approximate surface area is 122 Å². The molecule has 0 radical (unpaired) electrons. The first kappa shape index (κ1) is 15.5. The quantitative estimate of drug-likeness (QED) is 0.862. The highest BCUT2D eigenvalue weighted by atomic mass is 19.1. The standard InChI is InChI=1S/C17H27FN2/c1-2-17(19)8-5-14-9-11-20(12-10-14)13-15-3-6-16(18)7-4-15/h3-4,6-7,14,17H,2,5,8-13,19H2,1H3. The van der Waals surface area contributed by atoms with Crippen LogP contribution in [0.5, 0.6) is 0 Å². The van der Waals surface area contributed by atoms with Crippen LogP contribution in [0, 0.1) is 11.7 Å². The number of likely N-dealkylation sites (tertiary alicyclic amines) is 1. The maximum absolute atomic E-state index is 12.9. The molecule has 1 fully saturated rings. The highest BCUT2D eigenvalue weighted by Gasteiger charge is 2.19. The second-order valence-electron chi connectivity index (χ2n) is 6.09. The molecule has 112 valence electrons. The van der Waals surface area contributed by atoms with E-state index < -0.39 is 0 Å². The molecule has 0 aliphatic carbocycles. The van der Waals surface area contributed by atoms with Crippen molar-refractivity contribution >= 4 is 0 Å². The summed E-state index contributed by atoms with van der Waals surface area (Å²) in [5, 5.41) is 0. The zero-order valence-electron chi connectivity index (χ0n) is 12.5. The van der Waals surface area contributed by atoms with Crippen LogP contribution in [-0.4, -0.2) is 24.0 Å². The van der Waals surface area contributed by atoms with Crippen molar-refractivity contribution in [2.75, 3.05) is 13.1 Å². The van der Waals surface area contributed by atoms with E-state index in [1.807, 2.05) is 12.1 Å². The molecule has 1 atom stereocenters. The minimum atomic E-state index is -0.153. The van der Waals surface area contributed by atoms with Crippen LogP contribution in [0.25, 0.3) is 0 Å². The predicted octanol–water partition coefficient (Wildman–Crippen LogP) is 3.56. The highest BCUT2D eigenvalue weighted by Crippen LogP contribution is 2.23. The minimum absolute atomic E-state index is 0.153. The fourth-order valence-corrected chi connectivity index (χ4v) is 2.94. The van der Waals surface area contributed by atoms with E-state index in [2.05, 4.69) is 11.8 Å². The van der Waals surface area contributed by atoms with Gasteiger partial charge >= 0.3 is 0 Å². The van der Waals surface area contributed by atoms with Gasteiger partial charge in [0.15, 0.2) is 0 Å². The van der Waals surface area contributed by atoms with Crippen molar-refractivity contribution in [3.8, 4) is 0 Å². The largest absolute Gasteiger partial charge is 0.328 e. The molecule has 2 rings (SSSR count). The van der Waals surface area contributed by atoms with Gasteiger partial charge in [-0.05, 0) is 68.8 Å². The summed E-state index contributed by atoms with van der Waals surface area (Å²) in [6, 6.07) is 7.26. The molecule has 1 aromatic rings. The van der Waals surface area contributed by atoms with Gasteiger partial charge in [-0.25, -0.2) is 4.39 Å². The van der Waals surface area contributed by atoms with Crippen molar-refractivity contribution < 1.29 is 4.39 Å². The van der Waals surface area contributed by atoms with Gasteiger partial charge in [-0.15, -0.1) is 0 Å². The lowest BCUT2D eigenvalue weighted by atomic mass is 9.90.